The Morgan fingerprint density at radius 3 is 2.41 bits per heavy atom. The number of hydrogen-bond donors (Lipinski definition) is 1. The highest BCUT2D eigenvalue weighted by atomic mass is 19.1. The van der Waals surface area contributed by atoms with E-state index < -0.39 is 6.17 Å². The van der Waals surface area contributed by atoms with Crippen LogP contribution in [0.15, 0.2) is 78.9 Å². The lowest BCUT2D eigenvalue weighted by atomic mass is 9.93. The predicted molar refractivity (Wildman–Crippen MR) is 150 cm³/mol. The van der Waals surface area contributed by atoms with Crippen molar-refractivity contribution in [2.75, 3.05) is 19.6 Å². The van der Waals surface area contributed by atoms with E-state index in [1.807, 2.05) is 49.4 Å². The standard InChI is InChI=1S/C32H37FN2O4/c1-2-17-35(18-7-10-24-13-15-28(16-14-24)38-23-25-8-4-3-5-9-25)31(36)22-34-32(37)26-11-6-12-29(19-26)39-30-20-27(33)21-30/h3-6,8-9,11-16,19,27,30H,2,7,10,17-18,20-23H2,1H3,(H,34,37)/t27-,30+. The van der Waals surface area contributed by atoms with Gasteiger partial charge in [0.25, 0.3) is 5.91 Å². The van der Waals surface area contributed by atoms with Gasteiger partial charge in [-0.1, -0.05) is 55.5 Å². The summed E-state index contributed by atoms with van der Waals surface area (Å²) in [6.45, 7) is 3.76. The lowest BCUT2D eigenvalue weighted by molar-refractivity contribution is -0.130. The number of carbonyl (C=O) groups is 2. The van der Waals surface area contributed by atoms with Gasteiger partial charge in [-0.2, -0.15) is 0 Å². The van der Waals surface area contributed by atoms with Gasteiger partial charge in [-0.3, -0.25) is 9.59 Å². The quantitative estimate of drug-likeness (QED) is 0.287. The van der Waals surface area contributed by atoms with Crippen molar-refractivity contribution < 1.29 is 23.5 Å². The van der Waals surface area contributed by atoms with Gasteiger partial charge < -0.3 is 19.7 Å². The number of alkyl halides is 1. The Morgan fingerprint density at radius 2 is 1.69 bits per heavy atom. The number of aryl methyl sites for hydroxylation is 1. The van der Waals surface area contributed by atoms with Crippen molar-refractivity contribution in [2.45, 2.75) is 57.9 Å². The number of amides is 2. The van der Waals surface area contributed by atoms with Crippen LogP contribution in [0.4, 0.5) is 4.39 Å². The zero-order valence-corrected chi connectivity index (χ0v) is 22.5. The summed E-state index contributed by atoms with van der Waals surface area (Å²) in [7, 11) is 0. The van der Waals surface area contributed by atoms with E-state index in [0.29, 0.717) is 43.9 Å². The number of halogens is 1. The second kappa shape index (κ2) is 14.3. The minimum Gasteiger partial charge on any atom is -0.490 e. The van der Waals surface area contributed by atoms with Crippen molar-refractivity contribution in [2.24, 2.45) is 0 Å². The molecule has 0 radical (unpaired) electrons. The minimum absolute atomic E-state index is 0.0659. The van der Waals surface area contributed by atoms with E-state index >= 15 is 0 Å². The largest absolute Gasteiger partial charge is 0.490 e. The fourth-order valence-corrected chi connectivity index (χ4v) is 4.47. The number of nitrogens with one attached hydrogen (secondary N) is 1. The first-order valence-electron chi connectivity index (χ1n) is 13.7. The molecular formula is C32H37FN2O4. The van der Waals surface area contributed by atoms with Crippen molar-refractivity contribution in [1.82, 2.24) is 10.2 Å². The van der Waals surface area contributed by atoms with Gasteiger partial charge in [0.1, 0.15) is 30.4 Å². The molecule has 39 heavy (non-hydrogen) atoms. The molecule has 4 rings (SSSR count). The molecule has 6 nitrogen and oxygen atoms in total. The number of nitrogens with zero attached hydrogens (tertiary/aromatic N) is 1. The fourth-order valence-electron chi connectivity index (χ4n) is 4.47. The van der Waals surface area contributed by atoms with Crippen molar-refractivity contribution in [3.05, 3.63) is 95.6 Å². The normalized spacial score (nSPS) is 16.2. The van der Waals surface area contributed by atoms with Gasteiger partial charge in [0, 0.05) is 31.5 Å². The summed E-state index contributed by atoms with van der Waals surface area (Å²) in [5, 5.41) is 2.73. The summed E-state index contributed by atoms with van der Waals surface area (Å²) in [6.07, 6.45) is 2.32. The lowest BCUT2D eigenvalue weighted by Gasteiger charge is -2.30. The van der Waals surface area contributed by atoms with Crippen LogP contribution in [0, 0.1) is 0 Å². The monoisotopic (exact) mass is 532 g/mol. The molecule has 2 amide bonds. The third-order valence-corrected chi connectivity index (χ3v) is 6.75. The average molecular weight is 533 g/mol. The topological polar surface area (TPSA) is 67.9 Å². The van der Waals surface area contributed by atoms with Crippen LogP contribution in [0.25, 0.3) is 0 Å². The first kappa shape index (κ1) is 28.1. The second-order valence-electron chi connectivity index (χ2n) is 9.92. The SMILES string of the molecule is CCCN(CCCc1ccc(OCc2ccccc2)cc1)C(=O)CNC(=O)c1cccc(O[C@H]2C[C@@H](F)C2)c1. The second-order valence-corrected chi connectivity index (χ2v) is 9.92. The number of hydrogen-bond acceptors (Lipinski definition) is 4. The predicted octanol–water partition coefficient (Wildman–Crippen LogP) is 5.75. The van der Waals surface area contributed by atoms with E-state index in [9.17, 15) is 14.0 Å². The van der Waals surface area contributed by atoms with E-state index in [0.717, 1.165) is 30.6 Å². The molecule has 0 unspecified atom stereocenters. The van der Waals surface area contributed by atoms with Crippen LogP contribution >= 0.6 is 0 Å². The maximum atomic E-state index is 13.0. The van der Waals surface area contributed by atoms with Crippen LogP contribution in [-0.2, 0) is 17.8 Å². The maximum absolute atomic E-state index is 13.0. The van der Waals surface area contributed by atoms with Crippen LogP contribution in [0.3, 0.4) is 0 Å². The van der Waals surface area contributed by atoms with Crippen molar-refractivity contribution in [3.63, 3.8) is 0 Å². The third kappa shape index (κ3) is 8.84. The Kier molecular flexibility index (Phi) is 10.3. The van der Waals surface area contributed by atoms with Gasteiger partial charge in [-0.25, -0.2) is 4.39 Å². The van der Waals surface area contributed by atoms with Crippen molar-refractivity contribution in [3.8, 4) is 11.5 Å². The smallest absolute Gasteiger partial charge is 0.251 e. The Balaban J connectivity index is 1.19. The van der Waals surface area contributed by atoms with E-state index in [1.165, 1.54) is 5.56 Å². The third-order valence-electron chi connectivity index (χ3n) is 6.75. The molecule has 7 heteroatoms. The fraction of sp³-hybridized carbons (Fsp3) is 0.375. The molecule has 3 aromatic rings. The highest BCUT2D eigenvalue weighted by Gasteiger charge is 2.30. The van der Waals surface area contributed by atoms with Crippen LogP contribution in [-0.4, -0.2) is 48.6 Å². The molecule has 0 bridgehead atoms. The Hall–Kier alpha value is -3.87. The van der Waals surface area contributed by atoms with E-state index in [2.05, 4.69) is 17.4 Å². The molecule has 1 fully saturated rings. The van der Waals surface area contributed by atoms with Gasteiger partial charge in [-0.15, -0.1) is 0 Å². The molecule has 0 spiro atoms. The minimum atomic E-state index is -0.802. The van der Waals surface area contributed by atoms with Crippen LogP contribution in [0.1, 0.15) is 54.1 Å². The maximum Gasteiger partial charge on any atom is 0.251 e. The molecule has 0 aromatic heterocycles. The molecule has 206 valence electrons. The molecule has 1 aliphatic rings. The molecule has 0 aliphatic heterocycles. The molecule has 1 aliphatic carbocycles. The highest BCUT2D eigenvalue weighted by molar-refractivity contribution is 5.96. The Labute approximate surface area is 230 Å². The van der Waals surface area contributed by atoms with E-state index in [1.54, 1.807) is 29.2 Å². The summed E-state index contributed by atoms with van der Waals surface area (Å²) in [5.74, 6) is 0.923. The molecule has 0 atom stereocenters. The van der Waals surface area contributed by atoms with Gasteiger partial charge in [0.2, 0.25) is 5.91 Å². The number of rotatable bonds is 14. The zero-order valence-electron chi connectivity index (χ0n) is 22.5. The van der Waals surface area contributed by atoms with Crippen LogP contribution < -0.4 is 14.8 Å². The number of ether oxygens (including phenoxy) is 2. The summed E-state index contributed by atoms with van der Waals surface area (Å²) >= 11 is 0. The van der Waals surface area contributed by atoms with E-state index in [-0.39, 0.29) is 24.5 Å². The first-order valence-corrected chi connectivity index (χ1v) is 13.7. The van der Waals surface area contributed by atoms with Gasteiger partial charge in [0.15, 0.2) is 0 Å². The summed E-state index contributed by atoms with van der Waals surface area (Å²) in [4.78, 5) is 27.3. The first-order chi connectivity index (χ1) is 19.0. The molecule has 0 saturated heterocycles. The van der Waals surface area contributed by atoms with Gasteiger partial charge in [-0.05, 0) is 60.7 Å². The summed E-state index contributed by atoms with van der Waals surface area (Å²) in [6, 6.07) is 24.9. The molecule has 1 N–H and O–H groups in total. The number of benzene rings is 3. The molecule has 1 saturated carbocycles. The zero-order chi connectivity index (χ0) is 27.5. The highest BCUT2D eigenvalue weighted by Crippen LogP contribution is 2.28. The van der Waals surface area contributed by atoms with Crippen molar-refractivity contribution >= 4 is 11.8 Å². The van der Waals surface area contributed by atoms with Crippen LogP contribution in [0.5, 0.6) is 11.5 Å². The Morgan fingerprint density at radius 1 is 0.923 bits per heavy atom. The number of carbonyl (C=O) groups excluding carboxylic acids is 2. The average Bonchev–Trinajstić information content (AvgIpc) is 2.94. The van der Waals surface area contributed by atoms with Gasteiger partial charge >= 0.3 is 0 Å². The molecule has 3 aromatic carbocycles. The van der Waals surface area contributed by atoms with Crippen molar-refractivity contribution in [1.29, 1.82) is 0 Å². The van der Waals surface area contributed by atoms with Gasteiger partial charge in [0.05, 0.1) is 6.54 Å². The summed E-state index contributed by atoms with van der Waals surface area (Å²) < 4.78 is 24.6. The van der Waals surface area contributed by atoms with E-state index in [4.69, 9.17) is 9.47 Å². The molecular weight excluding hydrogens is 495 g/mol. The van der Waals surface area contributed by atoms with Crippen LogP contribution in [0.2, 0.25) is 0 Å². The lowest BCUT2D eigenvalue weighted by Crippen LogP contribution is -2.41. The molecule has 0 heterocycles. The Bertz CT molecular complexity index is 1200. The summed E-state index contributed by atoms with van der Waals surface area (Å²) in [5.41, 5.74) is 2.72.